The third kappa shape index (κ3) is 4.72. The van der Waals surface area contributed by atoms with E-state index in [9.17, 15) is 0 Å². The summed E-state index contributed by atoms with van der Waals surface area (Å²) in [7, 11) is 0. The van der Waals surface area contributed by atoms with E-state index in [0.717, 1.165) is 36.8 Å². The van der Waals surface area contributed by atoms with Gasteiger partial charge in [-0.1, -0.05) is 11.6 Å². The average Bonchev–Trinajstić information content (AvgIpc) is 2.67. The summed E-state index contributed by atoms with van der Waals surface area (Å²) in [5.74, 6) is 0.868. The Labute approximate surface area is 113 Å². The first-order valence-corrected chi connectivity index (χ1v) is 5.98. The molecule has 1 fully saturated rings. The third-order valence-electron chi connectivity index (χ3n) is 2.80. The van der Waals surface area contributed by atoms with Gasteiger partial charge >= 0.3 is 0 Å². The van der Waals surface area contributed by atoms with E-state index in [1.54, 1.807) is 0 Å². The Morgan fingerprint density at radius 1 is 1.35 bits per heavy atom. The number of nitrogens with two attached hydrogens (primary N) is 1. The van der Waals surface area contributed by atoms with E-state index >= 15 is 0 Å². The summed E-state index contributed by atoms with van der Waals surface area (Å²) in [6, 6.07) is 7.79. The van der Waals surface area contributed by atoms with Crippen molar-refractivity contribution in [3.63, 3.8) is 0 Å². The zero-order chi connectivity index (χ0) is 11.4. The van der Waals surface area contributed by atoms with Crippen molar-refractivity contribution < 1.29 is 4.74 Å². The zero-order valence-corrected chi connectivity index (χ0v) is 11.2. The fraction of sp³-hybridized carbons (Fsp3) is 0.500. The summed E-state index contributed by atoms with van der Waals surface area (Å²) < 4.78 is 5.62. The fourth-order valence-corrected chi connectivity index (χ4v) is 2.02. The van der Waals surface area contributed by atoms with Crippen LogP contribution in [0.5, 0.6) is 5.75 Å². The van der Waals surface area contributed by atoms with Crippen LogP contribution in [0.3, 0.4) is 0 Å². The van der Waals surface area contributed by atoms with Crippen LogP contribution in [0, 0.1) is 0 Å². The van der Waals surface area contributed by atoms with Gasteiger partial charge in [0, 0.05) is 24.2 Å². The Hall–Kier alpha value is -0.480. The molecule has 1 aliphatic heterocycles. The summed E-state index contributed by atoms with van der Waals surface area (Å²) in [5.41, 5.74) is 5.83. The second kappa shape index (κ2) is 7.07. The molecule has 1 atom stereocenters. The van der Waals surface area contributed by atoms with Crippen LogP contribution in [0.4, 0.5) is 0 Å². The first-order valence-electron chi connectivity index (χ1n) is 5.60. The molecule has 1 saturated heterocycles. The number of halogens is 2. The maximum atomic E-state index is 5.83. The van der Waals surface area contributed by atoms with Gasteiger partial charge in [0.05, 0.1) is 0 Å². The molecule has 0 amide bonds. The van der Waals surface area contributed by atoms with E-state index in [1.807, 2.05) is 24.3 Å². The smallest absolute Gasteiger partial charge is 0.119 e. The second-order valence-electron chi connectivity index (χ2n) is 4.15. The topological polar surface area (TPSA) is 38.5 Å². The molecule has 0 radical (unpaired) electrons. The van der Waals surface area contributed by atoms with E-state index in [2.05, 4.69) is 4.90 Å². The first kappa shape index (κ1) is 14.6. The highest BCUT2D eigenvalue weighted by atomic mass is 35.5. The quantitative estimate of drug-likeness (QED) is 0.916. The molecule has 3 nitrogen and oxygen atoms in total. The third-order valence-corrected chi connectivity index (χ3v) is 3.05. The summed E-state index contributed by atoms with van der Waals surface area (Å²) in [4.78, 5) is 2.33. The summed E-state index contributed by atoms with van der Waals surface area (Å²) >= 11 is 5.79. The van der Waals surface area contributed by atoms with Crippen molar-refractivity contribution in [2.45, 2.75) is 12.5 Å². The highest BCUT2D eigenvalue weighted by Crippen LogP contribution is 2.15. The molecule has 0 bridgehead atoms. The number of ether oxygens (including phenoxy) is 1. The highest BCUT2D eigenvalue weighted by molar-refractivity contribution is 6.30. The molecule has 1 aromatic rings. The molecule has 5 heteroatoms. The molecule has 0 aromatic heterocycles. The van der Waals surface area contributed by atoms with Crippen molar-refractivity contribution in [3.05, 3.63) is 29.3 Å². The van der Waals surface area contributed by atoms with Gasteiger partial charge in [-0.3, -0.25) is 4.90 Å². The molecule has 2 N–H and O–H groups in total. The van der Waals surface area contributed by atoms with Crippen LogP contribution in [0.2, 0.25) is 5.02 Å². The zero-order valence-electron chi connectivity index (χ0n) is 9.64. The number of hydrogen-bond acceptors (Lipinski definition) is 3. The Kier molecular flexibility index (Phi) is 6.06. The van der Waals surface area contributed by atoms with E-state index in [0.29, 0.717) is 12.6 Å². The lowest BCUT2D eigenvalue weighted by atomic mass is 10.3. The van der Waals surface area contributed by atoms with Gasteiger partial charge in [-0.15, -0.1) is 12.4 Å². The molecule has 0 aliphatic carbocycles. The number of likely N-dealkylation sites (tertiary alicyclic amines) is 1. The van der Waals surface area contributed by atoms with Gasteiger partial charge in [-0.05, 0) is 37.2 Å². The van der Waals surface area contributed by atoms with Crippen LogP contribution in [-0.4, -0.2) is 37.2 Å². The van der Waals surface area contributed by atoms with Gasteiger partial charge in [0.25, 0.3) is 0 Å². The Balaban J connectivity index is 0.00000144. The Morgan fingerprint density at radius 3 is 2.65 bits per heavy atom. The van der Waals surface area contributed by atoms with Crippen LogP contribution >= 0.6 is 24.0 Å². The molecular weight excluding hydrogens is 259 g/mol. The molecular formula is C12H18Cl2N2O. The lowest BCUT2D eigenvalue weighted by Crippen LogP contribution is -2.29. The monoisotopic (exact) mass is 276 g/mol. The van der Waals surface area contributed by atoms with Gasteiger partial charge in [0.1, 0.15) is 12.4 Å². The van der Waals surface area contributed by atoms with E-state index in [4.69, 9.17) is 22.1 Å². The number of benzene rings is 1. The van der Waals surface area contributed by atoms with Crippen molar-refractivity contribution in [2.24, 2.45) is 5.73 Å². The minimum absolute atomic E-state index is 0. The first-order chi connectivity index (χ1) is 7.74. The van der Waals surface area contributed by atoms with Gasteiger partial charge in [0.15, 0.2) is 0 Å². The molecule has 0 unspecified atom stereocenters. The largest absolute Gasteiger partial charge is 0.492 e. The average molecular weight is 277 g/mol. The van der Waals surface area contributed by atoms with Crippen molar-refractivity contribution in [3.8, 4) is 5.75 Å². The maximum Gasteiger partial charge on any atom is 0.119 e. The maximum absolute atomic E-state index is 5.83. The SMILES string of the molecule is Cl.N[C@H]1CCN(CCOc2ccc(Cl)cc2)C1. The Morgan fingerprint density at radius 2 is 2.06 bits per heavy atom. The molecule has 1 heterocycles. The van der Waals surface area contributed by atoms with E-state index < -0.39 is 0 Å². The minimum atomic E-state index is 0. The lowest BCUT2D eigenvalue weighted by molar-refractivity contribution is 0.236. The molecule has 2 rings (SSSR count). The molecule has 96 valence electrons. The van der Waals surface area contributed by atoms with Gasteiger partial charge in [0.2, 0.25) is 0 Å². The van der Waals surface area contributed by atoms with E-state index in [-0.39, 0.29) is 12.4 Å². The van der Waals surface area contributed by atoms with Crippen LogP contribution in [0.1, 0.15) is 6.42 Å². The summed E-state index contributed by atoms with van der Waals surface area (Å²) in [6.07, 6.45) is 1.10. The van der Waals surface area contributed by atoms with Crippen LogP contribution < -0.4 is 10.5 Å². The Bertz CT molecular complexity index is 332. The minimum Gasteiger partial charge on any atom is -0.492 e. The van der Waals surface area contributed by atoms with Gasteiger partial charge in [-0.2, -0.15) is 0 Å². The van der Waals surface area contributed by atoms with Crippen LogP contribution in [0.15, 0.2) is 24.3 Å². The van der Waals surface area contributed by atoms with Crippen molar-refractivity contribution in [1.82, 2.24) is 4.90 Å². The van der Waals surface area contributed by atoms with Crippen molar-refractivity contribution in [2.75, 3.05) is 26.2 Å². The highest BCUT2D eigenvalue weighted by Gasteiger charge is 2.18. The number of rotatable bonds is 4. The molecule has 17 heavy (non-hydrogen) atoms. The van der Waals surface area contributed by atoms with Crippen LogP contribution in [0.25, 0.3) is 0 Å². The predicted octanol–water partition coefficient (Wildman–Crippen LogP) is 2.17. The molecule has 1 aromatic carbocycles. The van der Waals surface area contributed by atoms with Gasteiger partial charge in [-0.25, -0.2) is 0 Å². The van der Waals surface area contributed by atoms with Crippen molar-refractivity contribution >= 4 is 24.0 Å². The molecule has 0 saturated carbocycles. The van der Waals surface area contributed by atoms with Gasteiger partial charge < -0.3 is 10.5 Å². The number of nitrogens with zero attached hydrogens (tertiary/aromatic N) is 1. The number of hydrogen-bond donors (Lipinski definition) is 1. The lowest BCUT2D eigenvalue weighted by Gasteiger charge is -2.15. The second-order valence-corrected chi connectivity index (χ2v) is 4.59. The fourth-order valence-electron chi connectivity index (χ4n) is 1.89. The summed E-state index contributed by atoms with van der Waals surface area (Å²) in [5, 5.41) is 0.734. The molecule has 1 aliphatic rings. The molecule has 0 spiro atoms. The van der Waals surface area contributed by atoms with Crippen molar-refractivity contribution in [1.29, 1.82) is 0 Å². The summed E-state index contributed by atoms with van der Waals surface area (Å²) in [6.45, 7) is 3.72. The normalized spacial score (nSPS) is 20.0. The van der Waals surface area contributed by atoms with Crippen LogP contribution in [-0.2, 0) is 0 Å². The predicted molar refractivity (Wildman–Crippen MR) is 73.2 cm³/mol. The van der Waals surface area contributed by atoms with E-state index in [1.165, 1.54) is 0 Å². The standard InChI is InChI=1S/C12H17ClN2O.ClH/c13-10-1-3-12(4-2-10)16-8-7-15-6-5-11(14)9-15;/h1-4,11H,5-9,14H2;1H/t11-;/m0./s1.